The third-order valence-corrected chi connectivity index (χ3v) is 4.61. The van der Waals surface area contributed by atoms with Gasteiger partial charge in [0.25, 0.3) is 0 Å². The van der Waals surface area contributed by atoms with E-state index >= 15 is 0 Å². The first kappa shape index (κ1) is 17.4. The van der Waals surface area contributed by atoms with Gasteiger partial charge < -0.3 is 0 Å². The average Bonchev–Trinajstić information content (AvgIpc) is 3.02. The van der Waals surface area contributed by atoms with Gasteiger partial charge >= 0.3 is 0 Å². The van der Waals surface area contributed by atoms with Crippen LogP contribution >= 0.6 is 11.8 Å². The maximum Gasteiger partial charge on any atom is 0.211 e. The number of benzene rings is 2. The van der Waals surface area contributed by atoms with E-state index in [1.807, 2.05) is 35.3 Å². The molecule has 0 saturated heterocycles. The summed E-state index contributed by atoms with van der Waals surface area (Å²) in [6, 6.07) is 18.8. The first-order chi connectivity index (χ1) is 12.2. The molecule has 3 aromatic rings. The zero-order valence-corrected chi connectivity index (χ0v) is 15.6. The van der Waals surface area contributed by atoms with Crippen molar-refractivity contribution in [3.8, 4) is 0 Å². The standard InChI is InChI=1S/C20H22N4S/c1-15(2)18-11-9-17(10-12-18)14-21-24-19(22-23-20(24)25-3)13-16-7-5-4-6-8-16/h4-12,14-15H,13H2,1-3H3/b21-14-. The Morgan fingerprint density at radius 3 is 2.40 bits per heavy atom. The Morgan fingerprint density at radius 2 is 1.76 bits per heavy atom. The van der Waals surface area contributed by atoms with Gasteiger partial charge in [-0.1, -0.05) is 80.2 Å². The largest absolute Gasteiger partial charge is 0.211 e. The van der Waals surface area contributed by atoms with E-state index in [-0.39, 0.29) is 0 Å². The summed E-state index contributed by atoms with van der Waals surface area (Å²) >= 11 is 1.54. The van der Waals surface area contributed by atoms with Gasteiger partial charge in [0.15, 0.2) is 5.82 Å². The molecule has 3 rings (SSSR count). The van der Waals surface area contributed by atoms with Crippen LogP contribution in [0.1, 0.15) is 42.3 Å². The average molecular weight is 350 g/mol. The topological polar surface area (TPSA) is 43.1 Å². The highest BCUT2D eigenvalue weighted by atomic mass is 32.2. The number of hydrogen-bond acceptors (Lipinski definition) is 4. The van der Waals surface area contributed by atoms with Crippen LogP contribution < -0.4 is 0 Å². The SMILES string of the molecule is CSc1nnc(Cc2ccccc2)n1/N=C\c1ccc(C(C)C)cc1. The van der Waals surface area contributed by atoms with Crippen LogP contribution in [-0.2, 0) is 6.42 Å². The van der Waals surface area contributed by atoms with E-state index in [1.54, 1.807) is 11.8 Å². The van der Waals surface area contributed by atoms with Gasteiger partial charge in [0.05, 0.1) is 6.21 Å². The van der Waals surface area contributed by atoms with Gasteiger partial charge in [-0.05, 0) is 28.9 Å². The lowest BCUT2D eigenvalue weighted by Crippen LogP contribution is -2.01. The molecule has 0 aliphatic carbocycles. The molecule has 4 nitrogen and oxygen atoms in total. The van der Waals surface area contributed by atoms with Crippen LogP contribution in [0.5, 0.6) is 0 Å². The van der Waals surface area contributed by atoms with Crippen LogP contribution in [0.15, 0.2) is 64.9 Å². The summed E-state index contributed by atoms with van der Waals surface area (Å²) in [6.45, 7) is 4.39. The van der Waals surface area contributed by atoms with Gasteiger partial charge in [0.2, 0.25) is 5.16 Å². The summed E-state index contributed by atoms with van der Waals surface area (Å²) in [7, 11) is 0. The molecule has 0 N–H and O–H groups in total. The molecule has 0 unspecified atom stereocenters. The molecule has 1 heterocycles. The fourth-order valence-electron chi connectivity index (χ4n) is 2.52. The van der Waals surface area contributed by atoms with Crippen molar-refractivity contribution in [2.75, 3.05) is 6.26 Å². The normalized spacial score (nSPS) is 11.5. The van der Waals surface area contributed by atoms with Crippen molar-refractivity contribution in [3.63, 3.8) is 0 Å². The second kappa shape index (κ2) is 8.12. The lowest BCUT2D eigenvalue weighted by atomic mass is 10.0. The number of rotatable bonds is 6. The van der Waals surface area contributed by atoms with Gasteiger partial charge in [0.1, 0.15) is 0 Å². The number of aromatic nitrogens is 3. The fraction of sp³-hybridized carbons (Fsp3) is 0.250. The first-order valence-corrected chi connectivity index (χ1v) is 9.56. The molecular formula is C20H22N4S. The maximum absolute atomic E-state index is 4.62. The highest BCUT2D eigenvalue weighted by Gasteiger charge is 2.11. The highest BCUT2D eigenvalue weighted by Crippen LogP contribution is 2.17. The summed E-state index contributed by atoms with van der Waals surface area (Å²) in [6.07, 6.45) is 4.56. The summed E-state index contributed by atoms with van der Waals surface area (Å²) in [4.78, 5) is 0. The number of thioether (sulfide) groups is 1. The quantitative estimate of drug-likeness (QED) is 0.482. The van der Waals surface area contributed by atoms with E-state index in [0.717, 1.165) is 16.5 Å². The van der Waals surface area contributed by atoms with Crippen LogP contribution in [0.4, 0.5) is 0 Å². The van der Waals surface area contributed by atoms with Crippen molar-refractivity contribution >= 4 is 18.0 Å². The second-order valence-electron chi connectivity index (χ2n) is 6.14. The van der Waals surface area contributed by atoms with Crippen molar-refractivity contribution in [1.29, 1.82) is 0 Å². The van der Waals surface area contributed by atoms with Crippen LogP contribution in [0, 0.1) is 0 Å². The van der Waals surface area contributed by atoms with E-state index < -0.39 is 0 Å². The Kier molecular flexibility index (Phi) is 5.66. The fourth-order valence-corrected chi connectivity index (χ4v) is 2.97. The van der Waals surface area contributed by atoms with Gasteiger partial charge in [0, 0.05) is 6.42 Å². The van der Waals surface area contributed by atoms with Crippen molar-refractivity contribution < 1.29 is 0 Å². The van der Waals surface area contributed by atoms with E-state index in [1.165, 1.54) is 11.1 Å². The molecule has 0 spiro atoms. The molecule has 0 atom stereocenters. The van der Waals surface area contributed by atoms with Gasteiger partial charge in [-0.2, -0.15) is 9.78 Å². The molecule has 0 amide bonds. The predicted molar refractivity (Wildman–Crippen MR) is 105 cm³/mol. The van der Waals surface area contributed by atoms with E-state index in [4.69, 9.17) is 0 Å². The molecule has 0 aliphatic rings. The minimum Gasteiger partial charge on any atom is -0.191 e. The molecule has 5 heteroatoms. The Hall–Kier alpha value is -2.40. The lowest BCUT2D eigenvalue weighted by Gasteiger charge is -2.05. The Labute approximate surface area is 153 Å². The summed E-state index contributed by atoms with van der Waals surface area (Å²) in [5.74, 6) is 1.37. The molecule has 0 aliphatic heterocycles. The molecule has 25 heavy (non-hydrogen) atoms. The zero-order valence-electron chi connectivity index (χ0n) is 14.8. The van der Waals surface area contributed by atoms with Crippen LogP contribution in [0.25, 0.3) is 0 Å². The number of hydrogen-bond donors (Lipinski definition) is 0. The van der Waals surface area contributed by atoms with Crippen molar-refractivity contribution in [2.24, 2.45) is 5.10 Å². The van der Waals surface area contributed by atoms with Crippen LogP contribution in [0.2, 0.25) is 0 Å². The Balaban J connectivity index is 1.84. The van der Waals surface area contributed by atoms with Gasteiger partial charge in [-0.25, -0.2) is 0 Å². The molecule has 1 aromatic heterocycles. The predicted octanol–water partition coefficient (Wildman–Crippen LogP) is 4.60. The van der Waals surface area contributed by atoms with E-state index in [0.29, 0.717) is 12.3 Å². The molecule has 128 valence electrons. The third kappa shape index (κ3) is 4.37. The third-order valence-electron chi connectivity index (χ3n) is 3.99. The highest BCUT2D eigenvalue weighted by molar-refractivity contribution is 7.98. The summed E-state index contributed by atoms with van der Waals surface area (Å²) < 4.78 is 1.83. The molecule has 0 saturated carbocycles. The van der Waals surface area contributed by atoms with Gasteiger partial charge in [-0.3, -0.25) is 0 Å². The summed E-state index contributed by atoms with van der Waals surface area (Å²) in [5, 5.41) is 14.0. The molecular weight excluding hydrogens is 328 g/mol. The van der Waals surface area contributed by atoms with Crippen molar-refractivity contribution in [1.82, 2.24) is 14.9 Å². The van der Waals surface area contributed by atoms with E-state index in [9.17, 15) is 0 Å². The Bertz CT molecular complexity index is 836. The molecule has 2 aromatic carbocycles. The van der Waals surface area contributed by atoms with Gasteiger partial charge in [-0.15, -0.1) is 10.2 Å². The van der Waals surface area contributed by atoms with E-state index in [2.05, 4.69) is 65.5 Å². The summed E-state index contributed by atoms with van der Waals surface area (Å²) in [5.41, 5.74) is 3.59. The van der Waals surface area contributed by atoms with Crippen molar-refractivity contribution in [2.45, 2.75) is 31.3 Å². The minimum absolute atomic E-state index is 0.532. The monoisotopic (exact) mass is 350 g/mol. The Morgan fingerprint density at radius 1 is 1.04 bits per heavy atom. The van der Waals surface area contributed by atoms with Crippen LogP contribution in [0.3, 0.4) is 0 Å². The smallest absolute Gasteiger partial charge is 0.191 e. The maximum atomic E-state index is 4.62. The van der Waals surface area contributed by atoms with Crippen molar-refractivity contribution in [3.05, 3.63) is 77.1 Å². The second-order valence-corrected chi connectivity index (χ2v) is 6.92. The zero-order chi connectivity index (χ0) is 17.6. The number of nitrogens with zero attached hydrogens (tertiary/aromatic N) is 4. The first-order valence-electron chi connectivity index (χ1n) is 8.34. The molecule has 0 fully saturated rings. The molecule has 0 radical (unpaired) electrons. The lowest BCUT2D eigenvalue weighted by molar-refractivity contribution is 0.730. The molecule has 0 bridgehead atoms. The minimum atomic E-state index is 0.532. The van der Waals surface area contributed by atoms with Crippen LogP contribution in [-0.4, -0.2) is 27.3 Å².